The molecule has 5 aromatic rings. The van der Waals surface area contributed by atoms with Crippen LogP contribution in [0.4, 0.5) is 4.39 Å². The first-order chi connectivity index (χ1) is 16.9. The first kappa shape index (κ1) is 22.7. The Labute approximate surface area is 205 Å². The zero-order valence-corrected chi connectivity index (χ0v) is 20.1. The molecule has 0 aliphatic rings. The van der Waals surface area contributed by atoms with Gasteiger partial charge in [-0.25, -0.2) is 9.37 Å². The van der Waals surface area contributed by atoms with Crippen molar-refractivity contribution in [3.63, 3.8) is 0 Å². The van der Waals surface area contributed by atoms with Gasteiger partial charge < -0.3 is 5.11 Å². The third-order valence-electron chi connectivity index (χ3n) is 6.01. The molecule has 0 aliphatic carbocycles. The van der Waals surface area contributed by atoms with E-state index in [0.29, 0.717) is 24.2 Å². The number of phenols is 1. The number of benzene rings is 2. The number of hydrogen-bond donors (Lipinski definition) is 1. The maximum Gasteiger partial charge on any atom is 0.262 e. The highest BCUT2D eigenvalue weighted by atomic mass is 32.1. The molecule has 5 rings (SSSR count). The number of halogens is 1. The normalized spacial score (nSPS) is 11.2. The Bertz CT molecular complexity index is 1570. The predicted octanol–water partition coefficient (Wildman–Crippen LogP) is 5.44. The van der Waals surface area contributed by atoms with Gasteiger partial charge in [-0.3, -0.25) is 14.0 Å². The van der Waals surface area contributed by atoms with Crippen molar-refractivity contribution < 1.29 is 9.50 Å². The van der Waals surface area contributed by atoms with Gasteiger partial charge in [0.2, 0.25) is 0 Å². The van der Waals surface area contributed by atoms with Crippen molar-refractivity contribution >= 4 is 11.3 Å². The molecule has 1 N–H and O–H groups in total. The second-order valence-corrected chi connectivity index (χ2v) is 9.18. The maximum absolute atomic E-state index is 14.2. The first-order valence-corrected chi connectivity index (χ1v) is 12.0. The van der Waals surface area contributed by atoms with Crippen molar-refractivity contribution in [2.45, 2.75) is 19.9 Å². The van der Waals surface area contributed by atoms with Gasteiger partial charge in [0.05, 0.1) is 22.5 Å². The summed E-state index contributed by atoms with van der Waals surface area (Å²) >= 11 is 1.46. The average Bonchev–Trinajstić information content (AvgIpc) is 3.49. The molecule has 176 valence electrons. The van der Waals surface area contributed by atoms with Crippen LogP contribution in [0.1, 0.15) is 11.3 Å². The lowest BCUT2D eigenvalue weighted by Gasteiger charge is -2.16. The van der Waals surface area contributed by atoms with E-state index in [1.54, 1.807) is 23.9 Å². The van der Waals surface area contributed by atoms with E-state index in [0.717, 1.165) is 21.7 Å². The van der Waals surface area contributed by atoms with E-state index >= 15 is 0 Å². The molecule has 8 heteroatoms. The molecule has 0 aliphatic heterocycles. The predicted molar refractivity (Wildman–Crippen MR) is 136 cm³/mol. The zero-order chi connectivity index (χ0) is 24.5. The van der Waals surface area contributed by atoms with Crippen LogP contribution in [-0.2, 0) is 20.0 Å². The minimum Gasteiger partial charge on any atom is -0.504 e. The number of hydrogen-bond acceptors (Lipinski definition) is 5. The van der Waals surface area contributed by atoms with Gasteiger partial charge in [-0.05, 0) is 43.2 Å². The zero-order valence-electron chi connectivity index (χ0n) is 19.3. The van der Waals surface area contributed by atoms with Crippen LogP contribution >= 0.6 is 11.3 Å². The van der Waals surface area contributed by atoms with Crippen molar-refractivity contribution in [2.24, 2.45) is 7.05 Å². The van der Waals surface area contributed by atoms with E-state index < -0.39 is 11.6 Å². The molecule has 3 heterocycles. The van der Waals surface area contributed by atoms with Gasteiger partial charge in [0.25, 0.3) is 5.56 Å². The largest absolute Gasteiger partial charge is 0.504 e. The Morgan fingerprint density at radius 2 is 1.89 bits per heavy atom. The van der Waals surface area contributed by atoms with Crippen LogP contribution in [0.25, 0.3) is 33.1 Å². The molecule has 3 aromatic heterocycles. The Kier molecular flexibility index (Phi) is 6.05. The highest BCUT2D eigenvalue weighted by molar-refractivity contribution is 7.14. The summed E-state index contributed by atoms with van der Waals surface area (Å²) in [7, 11) is 1.87. The molecule has 0 amide bonds. The highest BCUT2D eigenvalue weighted by Gasteiger charge is 2.21. The standard InChI is InChI=1S/C27H23FN4O2S/c1-17-24(23-15-19(16-35-23)22-11-13-29-31(22)2)27(34)32(14-12-18-7-4-3-5-8-18)26(30-17)20-9-6-10-21(28)25(20)33/h3-11,13,15-16,33H,12,14H2,1-2H3. The van der Waals surface area contributed by atoms with Gasteiger partial charge in [0, 0.05) is 35.6 Å². The molecule has 0 unspecified atom stereocenters. The SMILES string of the molecule is Cc1nc(-c2cccc(F)c2O)n(CCc2ccccc2)c(=O)c1-c1cc(-c2ccnn2C)cs1. The van der Waals surface area contributed by atoms with Crippen LogP contribution < -0.4 is 5.56 Å². The van der Waals surface area contributed by atoms with E-state index in [2.05, 4.69) is 5.10 Å². The van der Waals surface area contributed by atoms with Crippen molar-refractivity contribution in [1.29, 1.82) is 0 Å². The maximum atomic E-state index is 14.2. The topological polar surface area (TPSA) is 72.9 Å². The van der Waals surface area contributed by atoms with Crippen molar-refractivity contribution in [3.05, 3.63) is 99.7 Å². The molecule has 0 saturated heterocycles. The van der Waals surface area contributed by atoms with E-state index in [1.807, 2.05) is 54.9 Å². The van der Waals surface area contributed by atoms with Crippen LogP contribution in [0.15, 0.2) is 77.0 Å². The number of aryl methyl sites for hydroxylation is 3. The molecule has 0 saturated carbocycles. The quantitative estimate of drug-likeness (QED) is 0.347. The Morgan fingerprint density at radius 1 is 1.09 bits per heavy atom. The average molecular weight is 487 g/mol. The fraction of sp³-hybridized carbons (Fsp3) is 0.148. The minimum atomic E-state index is -0.757. The molecule has 2 aromatic carbocycles. The third-order valence-corrected chi connectivity index (χ3v) is 6.95. The van der Waals surface area contributed by atoms with Gasteiger partial charge in [0.15, 0.2) is 11.6 Å². The van der Waals surface area contributed by atoms with Crippen LogP contribution in [0.2, 0.25) is 0 Å². The Hall–Kier alpha value is -4.04. The van der Waals surface area contributed by atoms with Crippen LogP contribution in [0, 0.1) is 12.7 Å². The first-order valence-electron chi connectivity index (χ1n) is 11.1. The lowest BCUT2D eigenvalue weighted by atomic mass is 10.1. The van der Waals surface area contributed by atoms with Crippen LogP contribution in [0.3, 0.4) is 0 Å². The molecular weight excluding hydrogens is 463 g/mol. The lowest BCUT2D eigenvalue weighted by Crippen LogP contribution is -2.27. The third kappa shape index (κ3) is 4.28. The van der Waals surface area contributed by atoms with Gasteiger partial charge in [-0.1, -0.05) is 36.4 Å². The number of thiophene rings is 1. The molecular formula is C27H23FN4O2S. The summed E-state index contributed by atoms with van der Waals surface area (Å²) in [6.07, 6.45) is 2.31. The number of aromatic nitrogens is 4. The lowest BCUT2D eigenvalue weighted by molar-refractivity contribution is 0.433. The number of phenolic OH excluding ortho intramolecular Hbond substituents is 1. The summed E-state index contributed by atoms with van der Waals surface area (Å²) in [5, 5.41) is 16.6. The fourth-order valence-corrected chi connectivity index (χ4v) is 5.19. The van der Waals surface area contributed by atoms with Crippen molar-refractivity contribution in [2.75, 3.05) is 0 Å². The Balaban J connectivity index is 1.66. The van der Waals surface area contributed by atoms with Crippen molar-refractivity contribution in [1.82, 2.24) is 19.3 Å². The number of aromatic hydroxyl groups is 1. The minimum absolute atomic E-state index is 0.187. The van der Waals surface area contributed by atoms with E-state index in [9.17, 15) is 14.3 Å². The molecule has 0 atom stereocenters. The summed E-state index contributed by atoms with van der Waals surface area (Å²) in [5.74, 6) is -1.03. The number of para-hydroxylation sites is 1. The van der Waals surface area contributed by atoms with E-state index in [-0.39, 0.29) is 16.9 Å². The van der Waals surface area contributed by atoms with Crippen LogP contribution in [-0.4, -0.2) is 24.4 Å². The number of nitrogens with zero attached hydrogens (tertiary/aromatic N) is 4. The van der Waals surface area contributed by atoms with E-state index in [1.165, 1.54) is 28.0 Å². The number of rotatable bonds is 6. The summed E-state index contributed by atoms with van der Waals surface area (Å²) in [6.45, 7) is 2.09. The molecule has 6 nitrogen and oxygen atoms in total. The van der Waals surface area contributed by atoms with Gasteiger partial charge >= 0.3 is 0 Å². The second kappa shape index (κ2) is 9.31. The molecule has 35 heavy (non-hydrogen) atoms. The van der Waals surface area contributed by atoms with Crippen LogP contribution in [0.5, 0.6) is 5.75 Å². The second-order valence-electron chi connectivity index (χ2n) is 8.26. The summed E-state index contributed by atoms with van der Waals surface area (Å²) < 4.78 is 17.5. The molecule has 0 fully saturated rings. The molecule has 0 spiro atoms. The highest BCUT2D eigenvalue weighted by Crippen LogP contribution is 2.34. The summed E-state index contributed by atoms with van der Waals surface area (Å²) in [5.41, 5.74) is 3.94. The Morgan fingerprint density at radius 3 is 2.63 bits per heavy atom. The van der Waals surface area contributed by atoms with Gasteiger partial charge in [-0.2, -0.15) is 5.10 Å². The monoisotopic (exact) mass is 486 g/mol. The van der Waals surface area contributed by atoms with Crippen molar-refractivity contribution in [3.8, 4) is 38.8 Å². The summed E-state index contributed by atoms with van der Waals surface area (Å²) in [6, 6.07) is 18.0. The fourth-order valence-electron chi connectivity index (χ4n) is 4.20. The molecule has 0 radical (unpaired) electrons. The smallest absolute Gasteiger partial charge is 0.262 e. The summed E-state index contributed by atoms with van der Waals surface area (Å²) in [4.78, 5) is 19.4. The molecule has 0 bridgehead atoms. The van der Waals surface area contributed by atoms with E-state index in [4.69, 9.17) is 4.98 Å². The van der Waals surface area contributed by atoms with Gasteiger partial charge in [-0.15, -0.1) is 11.3 Å². The van der Waals surface area contributed by atoms with Gasteiger partial charge in [0.1, 0.15) is 5.82 Å².